The first-order valence-corrected chi connectivity index (χ1v) is 14.9. The molecule has 0 saturated carbocycles. The van der Waals surface area contributed by atoms with Crippen LogP contribution in [0.5, 0.6) is 0 Å². The van der Waals surface area contributed by atoms with Gasteiger partial charge in [-0.2, -0.15) is 0 Å². The van der Waals surface area contributed by atoms with Crippen LogP contribution in [0, 0.1) is 31.6 Å². The van der Waals surface area contributed by atoms with Gasteiger partial charge in [-0.1, -0.05) is 61.5 Å². The molecule has 2 amide bonds. The van der Waals surface area contributed by atoms with Gasteiger partial charge in [0.1, 0.15) is 6.04 Å². The first-order valence-electron chi connectivity index (χ1n) is 14.0. The van der Waals surface area contributed by atoms with Crippen molar-refractivity contribution in [2.75, 3.05) is 24.7 Å². The van der Waals surface area contributed by atoms with Gasteiger partial charge in [0, 0.05) is 17.5 Å². The zero-order chi connectivity index (χ0) is 28.8. The van der Waals surface area contributed by atoms with Gasteiger partial charge in [0.15, 0.2) is 0 Å². The number of aryl methyl sites for hydroxylation is 2. The number of hydrogen-bond donors (Lipinski definition) is 1. The molecule has 3 aliphatic rings. The van der Waals surface area contributed by atoms with Gasteiger partial charge in [0.2, 0.25) is 5.91 Å². The van der Waals surface area contributed by atoms with Gasteiger partial charge in [-0.25, -0.2) is 0 Å². The zero-order valence-electron chi connectivity index (χ0n) is 23.6. The third-order valence-corrected chi connectivity index (χ3v) is 11.0. The van der Waals surface area contributed by atoms with Gasteiger partial charge in [-0.15, -0.1) is 18.3 Å². The summed E-state index contributed by atoms with van der Waals surface area (Å²) in [6, 6.07) is 13.6. The fraction of sp³-hybridized carbons (Fsp3) is 0.469. The highest BCUT2D eigenvalue weighted by molar-refractivity contribution is 8.02. The Balaban J connectivity index is 1.70. The van der Waals surface area contributed by atoms with E-state index in [0.717, 1.165) is 28.8 Å². The molecule has 7 nitrogen and oxygen atoms in total. The summed E-state index contributed by atoms with van der Waals surface area (Å²) < 4.78 is 4.65. The van der Waals surface area contributed by atoms with Crippen molar-refractivity contribution < 1.29 is 24.2 Å². The van der Waals surface area contributed by atoms with E-state index in [2.05, 4.69) is 13.5 Å². The lowest BCUT2D eigenvalue weighted by Crippen LogP contribution is -2.58. The molecule has 2 bridgehead atoms. The van der Waals surface area contributed by atoms with Crippen molar-refractivity contribution in [2.24, 2.45) is 17.8 Å². The molecule has 1 spiro atoms. The molecule has 8 heteroatoms. The number of anilines is 1. The molecule has 212 valence electrons. The van der Waals surface area contributed by atoms with E-state index in [4.69, 9.17) is 4.74 Å². The highest BCUT2D eigenvalue weighted by atomic mass is 32.2. The minimum absolute atomic E-state index is 0.000240. The minimum Gasteiger partial charge on any atom is -0.466 e. The van der Waals surface area contributed by atoms with E-state index in [-0.39, 0.29) is 48.7 Å². The van der Waals surface area contributed by atoms with Gasteiger partial charge in [-0.05, 0) is 49.8 Å². The summed E-state index contributed by atoms with van der Waals surface area (Å²) in [6.07, 6.45) is 2.42. The summed E-state index contributed by atoms with van der Waals surface area (Å²) in [6.45, 7) is 11.9. The lowest BCUT2D eigenvalue weighted by molar-refractivity contribution is -0.154. The average Bonchev–Trinajstić information content (AvgIpc) is 3.53. The number of para-hydroxylation sites is 1. The van der Waals surface area contributed by atoms with Crippen molar-refractivity contribution in [1.29, 1.82) is 0 Å². The first-order chi connectivity index (χ1) is 19.2. The van der Waals surface area contributed by atoms with Crippen LogP contribution in [0.3, 0.4) is 0 Å². The largest absolute Gasteiger partial charge is 0.466 e. The number of carbonyl (C=O) groups is 3. The number of aliphatic hydroxyl groups is 1. The standard InChI is InChI=1S/C32H38N2O5S/c1-6-16-33(27-19(3)12-11-13-20(27)4)30(37)28-32-21(5)17-24(40-32)25(31(38)39-7-2)26(32)29(36)34(28)23(18-35)22-14-9-8-10-15-22/h6,8-15,21,23-26,28,35H,1,7,16-18H2,2-5H3/t21?,23-,24+,25-,26+,28?,32?/m1/s1. The molecule has 3 heterocycles. The molecular formula is C32H38N2O5S. The number of thioether (sulfide) groups is 1. The summed E-state index contributed by atoms with van der Waals surface area (Å²) in [5, 5.41) is 10.6. The topological polar surface area (TPSA) is 87.2 Å². The van der Waals surface area contributed by atoms with Gasteiger partial charge in [0.25, 0.3) is 5.91 Å². The van der Waals surface area contributed by atoms with Gasteiger partial charge in [0.05, 0.1) is 35.8 Å². The number of benzene rings is 2. The van der Waals surface area contributed by atoms with E-state index in [1.807, 2.05) is 62.4 Å². The molecule has 2 aromatic rings. The minimum atomic E-state index is -0.884. The Morgan fingerprint density at radius 3 is 2.48 bits per heavy atom. The second-order valence-electron chi connectivity index (χ2n) is 11.1. The number of aliphatic hydroxyl groups excluding tert-OH is 1. The molecule has 0 radical (unpaired) electrons. The number of rotatable bonds is 9. The van der Waals surface area contributed by atoms with Crippen LogP contribution in [-0.4, -0.2) is 63.6 Å². The first kappa shape index (κ1) is 28.4. The molecule has 7 atom stereocenters. The fourth-order valence-electron chi connectivity index (χ4n) is 7.41. The number of carbonyl (C=O) groups excluding carboxylic acids is 3. The zero-order valence-corrected chi connectivity index (χ0v) is 24.4. The monoisotopic (exact) mass is 562 g/mol. The number of hydrogen-bond acceptors (Lipinski definition) is 6. The maximum absolute atomic E-state index is 15.0. The van der Waals surface area contributed by atoms with Crippen molar-refractivity contribution in [3.05, 3.63) is 77.9 Å². The third kappa shape index (κ3) is 4.18. The van der Waals surface area contributed by atoms with E-state index in [1.54, 1.807) is 34.6 Å². The Hall–Kier alpha value is -3.10. The second-order valence-corrected chi connectivity index (χ2v) is 12.7. The summed E-state index contributed by atoms with van der Waals surface area (Å²) in [5.41, 5.74) is 3.44. The quantitative estimate of drug-likeness (QED) is 0.359. The molecule has 3 unspecified atom stereocenters. The van der Waals surface area contributed by atoms with Crippen LogP contribution in [0.2, 0.25) is 0 Å². The Bertz CT molecular complexity index is 1300. The molecule has 3 saturated heterocycles. The predicted octanol–water partition coefficient (Wildman–Crippen LogP) is 4.46. The van der Waals surface area contributed by atoms with Crippen molar-refractivity contribution in [3.8, 4) is 0 Å². The lowest BCUT2D eigenvalue weighted by atomic mass is 9.66. The number of fused-ring (bicyclic) bond motifs is 1. The van der Waals surface area contributed by atoms with Crippen molar-refractivity contribution in [1.82, 2.24) is 4.90 Å². The van der Waals surface area contributed by atoms with Gasteiger partial charge < -0.3 is 19.6 Å². The number of likely N-dealkylation sites (tertiary alicyclic amines) is 1. The van der Waals surface area contributed by atoms with Crippen molar-refractivity contribution in [3.63, 3.8) is 0 Å². The molecule has 1 N–H and O–H groups in total. The molecule has 3 aliphatic heterocycles. The summed E-state index contributed by atoms with van der Waals surface area (Å²) in [7, 11) is 0. The van der Waals surface area contributed by atoms with E-state index in [9.17, 15) is 19.5 Å². The van der Waals surface area contributed by atoms with Crippen LogP contribution in [-0.2, 0) is 19.1 Å². The summed E-state index contributed by atoms with van der Waals surface area (Å²) in [5.74, 6) is -2.19. The van der Waals surface area contributed by atoms with Crippen LogP contribution in [0.4, 0.5) is 5.69 Å². The number of esters is 1. The Kier molecular flexibility index (Phi) is 7.86. The molecule has 2 aromatic carbocycles. The van der Waals surface area contributed by atoms with E-state index in [0.29, 0.717) is 0 Å². The van der Waals surface area contributed by atoms with Crippen molar-refractivity contribution >= 4 is 35.2 Å². The average molecular weight is 563 g/mol. The van der Waals surface area contributed by atoms with Crippen LogP contribution in [0.1, 0.15) is 43.0 Å². The normalized spacial score (nSPS) is 29.3. The van der Waals surface area contributed by atoms with E-state index >= 15 is 0 Å². The molecule has 0 aromatic heterocycles. The lowest BCUT2D eigenvalue weighted by Gasteiger charge is -2.42. The van der Waals surface area contributed by atoms with Crippen LogP contribution in [0.15, 0.2) is 61.2 Å². The van der Waals surface area contributed by atoms with Crippen LogP contribution < -0.4 is 4.90 Å². The van der Waals surface area contributed by atoms with Gasteiger partial charge in [-0.3, -0.25) is 14.4 Å². The van der Waals surface area contributed by atoms with Gasteiger partial charge >= 0.3 is 5.97 Å². The fourth-order valence-corrected chi connectivity index (χ4v) is 9.80. The molecule has 0 aliphatic carbocycles. The maximum atomic E-state index is 15.0. The van der Waals surface area contributed by atoms with Crippen molar-refractivity contribution in [2.45, 2.75) is 56.2 Å². The number of nitrogens with zero attached hydrogens (tertiary/aromatic N) is 2. The molecule has 5 rings (SSSR count). The second kappa shape index (κ2) is 11.1. The SMILES string of the molecule is C=CCN(C(=O)C1N([C@H](CO)c2ccccc2)C(=O)[C@@H]2[C@H](C(=O)OCC)[C@@H]3CC(C)C12S3)c1c(C)cccc1C. The Morgan fingerprint density at radius 1 is 1.20 bits per heavy atom. The Morgan fingerprint density at radius 2 is 1.88 bits per heavy atom. The highest BCUT2D eigenvalue weighted by Gasteiger charge is 2.77. The smallest absolute Gasteiger partial charge is 0.310 e. The highest BCUT2D eigenvalue weighted by Crippen LogP contribution is 2.69. The third-order valence-electron chi connectivity index (χ3n) is 8.96. The molecule has 40 heavy (non-hydrogen) atoms. The maximum Gasteiger partial charge on any atom is 0.310 e. The molecular weight excluding hydrogens is 524 g/mol. The Labute approximate surface area is 240 Å². The summed E-state index contributed by atoms with van der Waals surface area (Å²) in [4.78, 5) is 46.2. The predicted molar refractivity (Wildman–Crippen MR) is 157 cm³/mol. The van der Waals surface area contributed by atoms with Crippen LogP contribution >= 0.6 is 11.8 Å². The summed E-state index contributed by atoms with van der Waals surface area (Å²) >= 11 is 1.61. The van der Waals surface area contributed by atoms with Crippen LogP contribution in [0.25, 0.3) is 0 Å². The molecule has 3 fully saturated rings. The number of amides is 2. The van der Waals surface area contributed by atoms with E-state index in [1.165, 1.54) is 0 Å². The van der Waals surface area contributed by atoms with E-state index < -0.39 is 28.7 Å². The number of ether oxygens (including phenoxy) is 1.